The van der Waals surface area contributed by atoms with Crippen LogP contribution in [0.5, 0.6) is 5.75 Å². The lowest BCUT2D eigenvalue weighted by atomic mass is 9.77. The third kappa shape index (κ3) is 5.79. The molecule has 2 fully saturated rings. The van der Waals surface area contributed by atoms with Crippen LogP contribution in [0.15, 0.2) is 30.5 Å². The molecule has 2 aromatic rings. The van der Waals surface area contributed by atoms with Crippen molar-refractivity contribution in [2.45, 2.75) is 43.7 Å². The van der Waals surface area contributed by atoms with Crippen molar-refractivity contribution < 1.29 is 45.8 Å². The first-order chi connectivity index (χ1) is 19.7. The molecule has 4 rings (SSSR count). The fraction of sp³-hybridized carbons (Fsp3) is 0.536. The summed E-state index contributed by atoms with van der Waals surface area (Å²) in [5, 5.41) is 2.51. The Morgan fingerprint density at radius 3 is 2.55 bits per heavy atom. The summed E-state index contributed by atoms with van der Waals surface area (Å²) in [7, 11) is 4.55. The molecule has 0 radical (unpaired) electrons. The molecule has 5 atom stereocenters. The van der Waals surface area contributed by atoms with Crippen molar-refractivity contribution in [1.29, 1.82) is 0 Å². The van der Waals surface area contributed by atoms with E-state index in [0.717, 1.165) is 26.2 Å². The van der Waals surface area contributed by atoms with Gasteiger partial charge in [-0.05, 0) is 32.2 Å². The van der Waals surface area contributed by atoms with E-state index in [-0.39, 0.29) is 28.9 Å². The van der Waals surface area contributed by atoms with Gasteiger partial charge in [-0.2, -0.15) is 17.6 Å². The predicted molar refractivity (Wildman–Crippen MR) is 141 cm³/mol. The van der Waals surface area contributed by atoms with Gasteiger partial charge in [0, 0.05) is 56.0 Å². The summed E-state index contributed by atoms with van der Waals surface area (Å²) in [5.74, 6) is -7.40. The highest BCUT2D eigenvalue weighted by Gasteiger charge is 2.66. The van der Waals surface area contributed by atoms with Crippen LogP contribution < -0.4 is 10.1 Å². The molecular weight excluding hydrogens is 567 g/mol. The third-order valence-electron chi connectivity index (χ3n) is 8.24. The Hall–Kier alpha value is -3.36. The zero-order chi connectivity index (χ0) is 31.0. The lowest BCUT2D eigenvalue weighted by Gasteiger charge is -2.39. The van der Waals surface area contributed by atoms with Crippen LogP contribution in [0, 0.1) is 17.6 Å². The van der Waals surface area contributed by atoms with Crippen molar-refractivity contribution in [3.8, 4) is 5.75 Å². The summed E-state index contributed by atoms with van der Waals surface area (Å²) in [5.41, 5.74) is -2.83. The Morgan fingerprint density at radius 1 is 1.19 bits per heavy atom. The summed E-state index contributed by atoms with van der Waals surface area (Å²) in [6.07, 6.45) is -5.38. The van der Waals surface area contributed by atoms with Crippen LogP contribution in [0.25, 0.3) is 0 Å². The summed E-state index contributed by atoms with van der Waals surface area (Å²) >= 11 is 0. The molecule has 9 nitrogen and oxygen atoms in total. The van der Waals surface area contributed by atoms with Crippen molar-refractivity contribution in [1.82, 2.24) is 14.8 Å². The number of nitrogens with one attached hydrogen (secondary N) is 1. The molecule has 1 aromatic heterocycles. The second kappa shape index (κ2) is 12.1. The molecule has 0 aliphatic carbocycles. The molecular formula is C28H33F5N4O5. The van der Waals surface area contributed by atoms with E-state index < -0.39 is 53.0 Å². The number of alkyl halides is 3. The quantitative estimate of drug-likeness (QED) is 0.483. The largest absolute Gasteiger partial charge is 0.493 e. The van der Waals surface area contributed by atoms with Gasteiger partial charge in [0.1, 0.15) is 11.8 Å². The minimum absolute atomic E-state index is 0.0215. The number of halogens is 5. The van der Waals surface area contributed by atoms with E-state index in [1.807, 2.05) is 7.05 Å². The number of amides is 2. The number of likely N-dealkylation sites (N-methyl/N-ethyl adjacent to an activating group) is 1. The van der Waals surface area contributed by atoms with Crippen molar-refractivity contribution in [2.75, 3.05) is 52.8 Å². The van der Waals surface area contributed by atoms with Crippen LogP contribution in [0.3, 0.4) is 0 Å². The fourth-order valence-electron chi connectivity index (χ4n) is 5.54. The number of pyridine rings is 1. The van der Waals surface area contributed by atoms with Crippen LogP contribution in [0.1, 0.15) is 35.8 Å². The van der Waals surface area contributed by atoms with Crippen LogP contribution in [-0.4, -0.2) is 98.0 Å². The maximum atomic E-state index is 14.6. The van der Waals surface area contributed by atoms with Crippen LogP contribution in [0.2, 0.25) is 0 Å². The molecule has 230 valence electrons. The Bertz CT molecular complexity index is 1330. The van der Waals surface area contributed by atoms with Gasteiger partial charge < -0.3 is 24.4 Å². The van der Waals surface area contributed by atoms with E-state index in [0.29, 0.717) is 26.2 Å². The Morgan fingerprint density at radius 2 is 1.90 bits per heavy atom. The molecule has 2 aliphatic rings. The summed E-state index contributed by atoms with van der Waals surface area (Å²) in [6.45, 7) is 3.89. The van der Waals surface area contributed by atoms with E-state index in [1.165, 1.54) is 25.3 Å². The molecule has 3 heterocycles. The van der Waals surface area contributed by atoms with Crippen molar-refractivity contribution >= 4 is 17.5 Å². The smallest absolute Gasteiger partial charge is 0.417 e. The van der Waals surface area contributed by atoms with Gasteiger partial charge in [-0.15, -0.1) is 0 Å². The normalized spacial score (nSPS) is 26.8. The fourth-order valence-corrected chi connectivity index (χ4v) is 5.54. The second-order valence-electron chi connectivity index (χ2n) is 10.7. The Kier molecular flexibility index (Phi) is 9.09. The number of piperazine rings is 1. The van der Waals surface area contributed by atoms with Crippen LogP contribution >= 0.6 is 0 Å². The average molecular weight is 601 g/mol. The number of hydrogen-bond donors (Lipinski definition) is 1. The van der Waals surface area contributed by atoms with Crippen LogP contribution in [-0.2, 0) is 14.3 Å². The molecule has 0 bridgehead atoms. The molecule has 0 saturated carbocycles. The average Bonchev–Trinajstić information content (AvgIpc) is 3.22. The number of carbonyl (C=O) groups is 2. The maximum absolute atomic E-state index is 14.6. The van der Waals surface area contributed by atoms with E-state index in [9.17, 15) is 31.5 Å². The van der Waals surface area contributed by atoms with Gasteiger partial charge >= 0.3 is 6.18 Å². The summed E-state index contributed by atoms with van der Waals surface area (Å²) in [6, 6.07) is 4.51. The maximum Gasteiger partial charge on any atom is 0.417 e. The van der Waals surface area contributed by atoms with Gasteiger partial charge in [-0.3, -0.25) is 19.5 Å². The Balaban J connectivity index is 1.62. The lowest BCUT2D eigenvalue weighted by molar-refractivity contribution is -0.272. The number of rotatable bonds is 7. The number of methoxy groups -OCH3 is 2. The molecule has 0 spiro atoms. The van der Waals surface area contributed by atoms with E-state index in [1.54, 1.807) is 12.0 Å². The molecule has 2 saturated heterocycles. The minimum atomic E-state index is -4.90. The van der Waals surface area contributed by atoms with Gasteiger partial charge in [-0.25, -0.2) is 4.39 Å². The Labute approximate surface area is 239 Å². The topological polar surface area (TPSA) is 93.2 Å². The van der Waals surface area contributed by atoms with Crippen molar-refractivity contribution in [3.63, 3.8) is 0 Å². The van der Waals surface area contributed by atoms with E-state index >= 15 is 0 Å². The minimum Gasteiger partial charge on any atom is -0.493 e. The number of nitrogens with zero attached hydrogens (tertiary/aromatic N) is 3. The number of benzene rings is 1. The van der Waals surface area contributed by atoms with Gasteiger partial charge in [-0.1, -0.05) is 13.0 Å². The zero-order valence-corrected chi connectivity index (χ0v) is 23.8. The molecule has 1 N–H and O–H groups in total. The van der Waals surface area contributed by atoms with Gasteiger partial charge in [0.15, 0.2) is 17.2 Å². The molecule has 14 heteroatoms. The molecule has 42 heavy (non-hydrogen) atoms. The predicted octanol–water partition coefficient (Wildman–Crippen LogP) is 3.85. The third-order valence-corrected chi connectivity index (χ3v) is 8.24. The highest BCUT2D eigenvalue weighted by Crippen LogP contribution is 2.55. The molecule has 1 aromatic carbocycles. The molecule has 0 unspecified atom stereocenters. The first-order valence-electron chi connectivity index (χ1n) is 13.2. The summed E-state index contributed by atoms with van der Waals surface area (Å²) < 4.78 is 86.8. The first-order valence-corrected chi connectivity index (χ1v) is 13.2. The monoisotopic (exact) mass is 600 g/mol. The molecule has 2 aliphatic heterocycles. The van der Waals surface area contributed by atoms with Gasteiger partial charge in [0.2, 0.25) is 5.82 Å². The van der Waals surface area contributed by atoms with Crippen molar-refractivity contribution in [3.05, 3.63) is 53.4 Å². The van der Waals surface area contributed by atoms with Crippen molar-refractivity contribution in [2.24, 2.45) is 5.92 Å². The van der Waals surface area contributed by atoms with E-state index in [2.05, 4.69) is 15.2 Å². The number of anilines is 1. The van der Waals surface area contributed by atoms with Crippen LogP contribution in [0.4, 0.5) is 27.6 Å². The number of ether oxygens (including phenoxy) is 3. The number of carbonyl (C=O) groups excluding carboxylic acids is 2. The highest BCUT2D eigenvalue weighted by molar-refractivity contribution is 5.98. The lowest BCUT2D eigenvalue weighted by Crippen LogP contribution is -2.54. The van der Waals surface area contributed by atoms with Gasteiger partial charge in [0.05, 0.1) is 19.8 Å². The number of aromatic nitrogens is 1. The highest BCUT2D eigenvalue weighted by atomic mass is 19.4. The second-order valence-corrected chi connectivity index (χ2v) is 10.7. The number of hydrogen-bond acceptors (Lipinski definition) is 7. The zero-order valence-electron chi connectivity index (χ0n) is 23.8. The SMILES string of the molecule is COC[C@H]1CN(C(=O)c2cc(NC(=O)[C@@H]3O[C@@](C)(C(F)(F)F)[C@@H](C)[C@H]3c3ccc(F)c(F)c3OC)ccn2)CCN1C. The first kappa shape index (κ1) is 31.6. The molecule has 2 amide bonds. The van der Waals surface area contributed by atoms with Gasteiger partial charge in [0.25, 0.3) is 11.8 Å². The summed E-state index contributed by atoms with van der Waals surface area (Å²) in [4.78, 5) is 34.5. The standard InChI is InChI=1S/C28H33F5N4O5/c1-15-21(18-6-7-19(29)22(30)23(18)41-5)24(42-27(15,2)28(31,32)33)25(38)35-16-8-9-34-20(12-16)26(39)37-11-10-36(3)17(13-37)14-40-4/h6-9,12,15,17,21,24H,10-11,13-14H2,1-5H3,(H,34,35,38)/t15-,17+,21-,24+,27+/m0/s1. The van der Waals surface area contributed by atoms with E-state index in [4.69, 9.17) is 14.2 Å².